The Morgan fingerprint density at radius 3 is 2.34 bits per heavy atom. The number of amidine groups is 1. The van der Waals surface area contributed by atoms with Crippen LogP contribution in [0, 0.1) is 17.7 Å². The highest BCUT2D eigenvalue weighted by atomic mass is 16.3. The average Bonchev–Trinajstić information content (AvgIpc) is 3.01. The van der Waals surface area contributed by atoms with Crippen LogP contribution in [-0.2, 0) is 7.05 Å². The number of piperidine rings is 1. The van der Waals surface area contributed by atoms with Gasteiger partial charge in [0, 0.05) is 60.7 Å². The molecule has 1 aliphatic rings. The molecule has 0 bridgehead atoms. The summed E-state index contributed by atoms with van der Waals surface area (Å²) >= 11 is 0. The number of phenols is 1. The van der Waals surface area contributed by atoms with E-state index in [4.69, 9.17) is 10.8 Å². The summed E-state index contributed by atoms with van der Waals surface area (Å²) in [7, 11) is 3.93. The van der Waals surface area contributed by atoms with Crippen molar-refractivity contribution in [3.8, 4) is 17.0 Å². The lowest BCUT2D eigenvalue weighted by Gasteiger charge is -2.49. The van der Waals surface area contributed by atoms with E-state index < -0.39 is 0 Å². The lowest BCUT2D eigenvalue weighted by molar-refractivity contribution is 0.112. The van der Waals surface area contributed by atoms with E-state index in [-0.39, 0.29) is 22.9 Å². The van der Waals surface area contributed by atoms with Gasteiger partial charge in [0.25, 0.3) is 0 Å². The molecule has 1 fully saturated rings. The second-order valence-electron chi connectivity index (χ2n) is 10.5. The van der Waals surface area contributed by atoms with Gasteiger partial charge < -0.3 is 25.3 Å². The molecule has 0 atom stereocenters. The molecule has 7 nitrogen and oxygen atoms in total. The van der Waals surface area contributed by atoms with E-state index in [0.717, 1.165) is 29.9 Å². The van der Waals surface area contributed by atoms with Crippen molar-refractivity contribution >= 4 is 11.5 Å². The van der Waals surface area contributed by atoms with E-state index in [0.29, 0.717) is 30.0 Å². The first kappa shape index (κ1) is 24.0. The van der Waals surface area contributed by atoms with Crippen LogP contribution in [0.4, 0.5) is 0 Å². The molecule has 32 heavy (non-hydrogen) atoms. The van der Waals surface area contributed by atoms with Crippen LogP contribution < -0.4 is 5.32 Å². The number of phenolic OH excluding ortho intramolecular Hbond substituents is 1. The molecule has 1 aromatic carbocycles. The third-order valence-electron chi connectivity index (χ3n) is 6.48. The number of imidazole rings is 1. The van der Waals surface area contributed by atoms with E-state index in [1.165, 1.54) is 0 Å². The number of hydrogen-bond acceptors (Lipinski definition) is 5. The Morgan fingerprint density at radius 2 is 1.81 bits per heavy atom. The van der Waals surface area contributed by atoms with Crippen LogP contribution in [0.25, 0.3) is 11.3 Å². The number of aryl methyl sites for hydroxylation is 2. The monoisotopic (exact) mass is 438 g/mol. The van der Waals surface area contributed by atoms with Gasteiger partial charge in [-0.15, -0.1) is 0 Å². The zero-order valence-corrected chi connectivity index (χ0v) is 20.5. The summed E-state index contributed by atoms with van der Waals surface area (Å²) in [6, 6.07) is 5.63. The Kier molecular flexibility index (Phi) is 6.52. The van der Waals surface area contributed by atoms with Gasteiger partial charge in [-0.2, -0.15) is 0 Å². The summed E-state index contributed by atoms with van der Waals surface area (Å²) in [6.45, 7) is 10.8. The average molecular weight is 439 g/mol. The molecule has 174 valence electrons. The smallest absolute Gasteiger partial charge is 0.125 e. The second kappa shape index (κ2) is 8.70. The van der Waals surface area contributed by atoms with Gasteiger partial charge >= 0.3 is 0 Å². The van der Waals surface area contributed by atoms with Crippen molar-refractivity contribution in [3.63, 3.8) is 0 Å². The molecule has 1 saturated heterocycles. The summed E-state index contributed by atoms with van der Waals surface area (Å²) in [5.41, 5.74) is 2.53. The minimum absolute atomic E-state index is 0.0212. The minimum atomic E-state index is 0.0212. The number of nitrogens with one attached hydrogen (secondary N) is 3. The first-order valence-electron chi connectivity index (χ1n) is 11.3. The van der Waals surface area contributed by atoms with Gasteiger partial charge in [-0.25, -0.2) is 4.98 Å². The van der Waals surface area contributed by atoms with Crippen LogP contribution in [0.2, 0.25) is 0 Å². The number of rotatable bonds is 6. The molecule has 0 saturated carbocycles. The lowest BCUT2D eigenvalue weighted by Crippen LogP contribution is -2.62. The third kappa shape index (κ3) is 5.38. The quantitative estimate of drug-likeness (QED) is 0.395. The molecule has 0 amide bonds. The zero-order valence-electron chi connectivity index (χ0n) is 20.5. The molecule has 0 aliphatic carbocycles. The molecule has 0 spiro atoms. The van der Waals surface area contributed by atoms with Gasteiger partial charge in [-0.1, -0.05) is 6.07 Å². The molecule has 0 unspecified atom stereocenters. The molecule has 7 heteroatoms. The molecule has 2 heterocycles. The van der Waals surface area contributed by atoms with Crippen molar-refractivity contribution in [3.05, 3.63) is 35.8 Å². The number of aromatic hydroxyl groups is 1. The Bertz CT molecular complexity index is 984. The van der Waals surface area contributed by atoms with E-state index in [1.54, 1.807) is 12.1 Å². The fraction of sp³-hybridized carbons (Fsp3) is 0.560. The van der Waals surface area contributed by atoms with E-state index in [9.17, 15) is 5.11 Å². The highest BCUT2D eigenvalue weighted by Crippen LogP contribution is 2.32. The van der Waals surface area contributed by atoms with Gasteiger partial charge in [0.15, 0.2) is 0 Å². The highest BCUT2D eigenvalue weighted by molar-refractivity contribution is 6.02. The fourth-order valence-corrected chi connectivity index (χ4v) is 4.96. The number of benzene rings is 1. The molecule has 1 aliphatic heterocycles. The first-order valence-corrected chi connectivity index (χ1v) is 11.3. The molecule has 2 aromatic rings. The number of hydrogen-bond donors (Lipinski definition) is 4. The summed E-state index contributed by atoms with van der Waals surface area (Å²) in [5, 5.41) is 31.3. The Hall–Kier alpha value is -2.67. The van der Waals surface area contributed by atoms with Gasteiger partial charge in [-0.05, 0) is 66.0 Å². The zero-order chi connectivity index (χ0) is 23.8. The van der Waals surface area contributed by atoms with Crippen LogP contribution in [0.3, 0.4) is 0 Å². The van der Waals surface area contributed by atoms with Gasteiger partial charge in [0.1, 0.15) is 11.6 Å². The predicted molar refractivity (Wildman–Crippen MR) is 131 cm³/mol. The summed E-state index contributed by atoms with van der Waals surface area (Å²) in [6.07, 6.45) is 4.76. The maximum atomic E-state index is 10.5. The van der Waals surface area contributed by atoms with Gasteiger partial charge in [0.05, 0.1) is 11.5 Å². The van der Waals surface area contributed by atoms with Crippen LogP contribution in [0.5, 0.6) is 5.75 Å². The number of aromatic nitrogens is 2. The highest BCUT2D eigenvalue weighted by Gasteiger charge is 2.39. The Morgan fingerprint density at radius 1 is 1.19 bits per heavy atom. The number of nitrogens with zero attached hydrogens (tertiary/aromatic N) is 3. The summed E-state index contributed by atoms with van der Waals surface area (Å²) in [5.74, 6) is 1.52. The standard InChI is InChI=1S/C25H38N6O/c1-16-28-21(15-30(16)6)17-8-9-19(22(32)12-17)20(26)10-11-23(27)31(7)18-13-24(2,3)29-25(4,5)14-18/h8-9,12,15,18,26-27,29,32H,10-11,13-14H2,1-7H3. The van der Waals surface area contributed by atoms with Crippen molar-refractivity contribution in [2.75, 3.05) is 7.05 Å². The van der Waals surface area contributed by atoms with Crippen LogP contribution in [0.15, 0.2) is 24.4 Å². The van der Waals surface area contributed by atoms with Crippen molar-refractivity contribution < 1.29 is 5.11 Å². The molecular weight excluding hydrogens is 400 g/mol. The predicted octanol–water partition coefficient (Wildman–Crippen LogP) is 4.47. The normalized spacial score (nSPS) is 17.8. The Labute approximate surface area is 191 Å². The van der Waals surface area contributed by atoms with Gasteiger partial charge in [-0.3, -0.25) is 5.41 Å². The topological polar surface area (TPSA) is 101 Å². The fourth-order valence-electron chi connectivity index (χ4n) is 4.96. The lowest BCUT2D eigenvalue weighted by atomic mass is 9.79. The molecule has 0 radical (unpaired) electrons. The Balaban J connectivity index is 1.63. The SMILES string of the molecule is Cc1nc(-c2ccc(C(=N)CCC(=N)N(C)C3CC(C)(C)NC(C)(C)C3)c(O)c2)cn1C. The van der Waals surface area contributed by atoms with Gasteiger partial charge in [0.2, 0.25) is 0 Å². The van der Waals surface area contributed by atoms with E-state index in [1.807, 2.05) is 37.8 Å². The summed E-state index contributed by atoms with van der Waals surface area (Å²) < 4.78 is 1.94. The summed E-state index contributed by atoms with van der Waals surface area (Å²) in [4.78, 5) is 6.57. The molecule has 4 N–H and O–H groups in total. The van der Waals surface area contributed by atoms with E-state index >= 15 is 0 Å². The van der Waals surface area contributed by atoms with Crippen molar-refractivity contribution in [2.24, 2.45) is 7.05 Å². The van der Waals surface area contributed by atoms with Crippen LogP contribution in [-0.4, -0.2) is 55.3 Å². The van der Waals surface area contributed by atoms with Crippen LogP contribution in [0.1, 0.15) is 64.8 Å². The van der Waals surface area contributed by atoms with Crippen molar-refractivity contribution in [1.82, 2.24) is 19.8 Å². The third-order valence-corrected chi connectivity index (χ3v) is 6.48. The van der Waals surface area contributed by atoms with E-state index in [2.05, 4.69) is 42.9 Å². The molecule has 1 aromatic heterocycles. The van der Waals surface area contributed by atoms with Crippen molar-refractivity contribution in [2.45, 2.75) is 77.4 Å². The van der Waals surface area contributed by atoms with Crippen molar-refractivity contribution in [1.29, 1.82) is 10.8 Å². The second-order valence-corrected chi connectivity index (χ2v) is 10.5. The van der Waals surface area contributed by atoms with Crippen LogP contribution >= 0.6 is 0 Å². The first-order chi connectivity index (χ1) is 14.8. The minimum Gasteiger partial charge on any atom is -0.507 e. The largest absolute Gasteiger partial charge is 0.507 e. The maximum Gasteiger partial charge on any atom is 0.125 e. The molecule has 3 rings (SSSR count). The molecular formula is C25H38N6O. The maximum absolute atomic E-state index is 10.5.